The third kappa shape index (κ3) is 4.72. The van der Waals surface area contributed by atoms with E-state index in [1.165, 1.54) is 6.08 Å². The molecule has 1 N–H and O–H groups in total. The Morgan fingerprint density at radius 2 is 1.89 bits per heavy atom. The van der Waals surface area contributed by atoms with Gasteiger partial charge in [-0.1, -0.05) is 23.7 Å². The van der Waals surface area contributed by atoms with Gasteiger partial charge in [-0.15, -0.1) is 0 Å². The van der Waals surface area contributed by atoms with Crippen LogP contribution in [0.3, 0.4) is 0 Å². The summed E-state index contributed by atoms with van der Waals surface area (Å²) in [5, 5.41) is 15.1. The lowest BCUT2D eigenvalue weighted by Gasteiger charge is -2.09. The minimum atomic E-state index is -1.08. The first-order valence-corrected chi connectivity index (χ1v) is 11.3. The zero-order valence-electron chi connectivity index (χ0n) is 18.8. The van der Waals surface area contributed by atoms with Gasteiger partial charge in [0, 0.05) is 10.6 Å². The van der Waals surface area contributed by atoms with Crippen LogP contribution < -0.4 is 14.2 Å². The summed E-state index contributed by atoms with van der Waals surface area (Å²) < 4.78 is 18.3. The van der Waals surface area contributed by atoms with Crippen molar-refractivity contribution < 1.29 is 24.1 Å². The average Bonchev–Trinajstić information content (AvgIpc) is 3.49. The highest BCUT2D eigenvalue weighted by Crippen LogP contribution is 2.37. The lowest BCUT2D eigenvalue weighted by Crippen LogP contribution is -2.01. The van der Waals surface area contributed by atoms with Crippen molar-refractivity contribution in [2.24, 2.45) is 0 Å². The minimum absolute atomic E-state index is 0.0843. The third-order valence-corrected chi connectivity index (χ3v) is 5.68. The molecule has 0 spiro atoms. The molecule has 4 aromatic rings. The van der Waals surface area contributed by atoms with E-state index in [2.05, 4.69) is 0 Å². The monoisotopic (exact) mass is 488 g/mol. The van der Waals surface area contributed by atoms with Crippen molar-refractivity contribution in [2.45, 2.75) is 6.92 Å². The zero-order chi connectivity index (χ0) is 24.4. The largest absolute Gasteiger partial charge is 0.494 e. The second-order valence-corrected chi connectivity index (χ2v) is 8.17. The third-order valence-electron chi connectivity index (χ3n) is 5.45. The number of aromatic nitrogens is 2. The van der Waals surface area contributed by atoms with Gasteiger partial charge in [0.2, 0.25) is 6.79 Å². The van der Waals surface area contributed by atoms with Crippen LogP contribution in [0.4, 0.5) is 0 Å². The van der Waals surface area contributed by atoms with E-state index in [1.54, 1.807) is 28.9 Å². The molecule has 2 heterocycles. The molecule has 0 fully saturated rings. The Kier molecular flexibility index (Phi) is 6.16. The molecule has 35 heavy (non-hydrogen) atoms. The van der Waals surface area contributed by atoms with Crippen molar-refractivity contribution in [1.82, 2.24) is 9.78 Å². The van der Waals surface area contributed by atoms with Gasteiger partial charge in [0.15, 0.2) is 11.5 Å². The molecule has 0 radical (unpaired) electrons. The molecule has 7 nitrogen and oxygen atoms in total. The van der Waals surface area contributed by atoms with E-state index in [1.807, 2.05) is 55.5 Å². The number of carbonyl (C=O) groups is 1. The molecule has 0 aliphatic carbocycles. The van der Waals surface area contributed by atoms with Crippen molar-refractivity contribution in [3.63, 3.8) is 0 Å². The molecule has 1 aliphatic rings. The molecule has 0 atom stereocenters. The second kappa shape index (κ2) is 9.56. The number of benzene rings is 3. The number of ether oxygens (including phenoxy) is 3. The van der Waals surface area contributed by atoms with Crippen molar-refractivity contribution >= 4 is 29.2 Å². The number of hydrogen-bond donors (Lipinski definition) is 1. The molecule has 5 rings (SSSR count). The van der Waals surface area contributed by atoms with Crippen LogP contribution in [-0.2, 0) is 4.79 Å². The van der Waals surface area contributed by atoms with Gasteiger partial charge < -0.3 is 19.3 Å². The summed E-state index contributed by atoms with van der Waals surface area (Å²) in [4.78, 5) is 12.1. The number of halogens is 1. The average molecular weight is 489 g/mol. The number of rotatable bonds is 7. The summed E-state index contributed by atoms with van der Waals surface area (Å²) in [6, 6.07) is 21.7. The normalized spacial score (nSPS) is 12.6. The lowest BCUT2D eigenvalue weighted by molar-refractivity contribution is -0.130. The maximum atomic E-state index is 12.1. The Bertz CT molecular complexity index is 1430. The first kappa shape index (κ1) is 22.6. The first-order chi connectivity index (χ1) is 17.0. The standard InChI is InChI=1S/C27H21ClN2O5/c1-2-33-22-9-7-21(8-10-22)30-24(18-6-11-25-26(13-18)35-16-34-25)15-20(29-30)14-23(27(31)32)17-4-3-5-19(28)12-17/h3-15H,2,16H2,1H3,(H,31,32)/b23-14+. The maximum absolute atomic E-state index is 12.1. The molecular weight excluding hydrogens is 468 g/mol. The molecule has 176 valence electrons. The summed E-state index contributed by atoms with van der Waals surface area (Å²) in [5.74, 6) is 0.995. The molecule has 0 bridgehead atoms. The van der Waals surface area contributed by atoms with E-state index < -0.39 is 5.97 Å². The van der Waals surface area contributed by atoms with Gasteiger partial charge in [-0.3, -0.25) is 0 Å². The minimum Gasteiger partial charge on any atom is -0.494 e. The van der Waals surface area contributed by atoms with Gasteiger partial charge in [-0.2, -0.15) is 5.10 Å². The number of carboxylic acids is 1. The number of carboxylic acid groups (broad SMARTS) is 1. The summed E-state index contributed by atoms with van der Waals surface area (Å²) in [7, 11) is 0. The van der Waals surface area contributed by atoms with Crippen molar-refractivity contribution in [3.8, 4) is 34.2 Å². The zero-order valence-corrected chi connectivity index (χ0v) is 19.5. The number of fused-ring (bicyclic) bond motifs is 1. The topological polar surface area (TPSA) is 82.8 Å². The highest BCUT2D eigenvalue weighted by atomic mass is 35.5. The number of nitrogens with zero attached hydrogens (tertiary/aromatic N) is 2. The van der Waals surface area contributed by atoms with Crippen molar-refractivity contribution in [3.05, 3.63) is 89.1 Å². The smallest absolute Gasteiger partial charge is 0.336 e. The van der Waals surface area contributed by atoms with E-state index in [0.717, 1.165) is 22.7 Å². The van der Waals surface area contributed by atoms with Gasteiger partial charge in [-0.25, -0.2) is 9.48 Å². The van der Waals surface area contributed by atoms with E-state index in [4.69, 9.17) is 30.9 Å². The molecule has 1 aliphatic heterocycles. The van der Waals surface area contributed by atoms with Crippen LogP contribution in [0.25, 0.3) is 28.6 Å². The quantitative estimate of drug-likeness (QED) is 0.324. The van der Waals surface area contributed by atoms with Crippen LogP contribution >= 0.6 is 11.6 Å². The van der Waals surface area contributed by atoms with E-state index in [-0.39, 0.29) is 12.4 Å². The molecule has 0 saturated heterocycles. The number of aliphatic carboxylic acids is 1. The Morgan fingerprint density at radius 3 is 2.63 bits per heavy atom. The second-order valence-electron chi connectivity index (χ2n) is 7.73. The van der Waals surface area contributed by atoms with Gasteiger partial charge in [0.25, 0.3) is 0 Å². The molecule has 0 unspecified atom stereocenters. The van der Waals surface area contributed by atoms with Crippen LogP contribution in [-0.4, -0.2) is 34.3 Å². The SMILES string of the molecule is CCOc1ccc(-n2nc(/C=C(/C(=O)O)c3cccc(Cl)c3)cc2-c2ccc3c(c2)OCO3)cc1. The lowest BCUT2D eigenvalue weighted by atomic mass is 10.0. The first-order valence-electron chi connectivity index (χ1n) is 11.0. The van der Waals surface area contributed by atoms with Gasteiger partial charge in [-0.05, 0) is 79.2 Å². The maximum Gasteiger partial charge on any atom is 0.336 e. The molecule has 8 heteroatoms. The fraction of sp³-hybridized carbons (Fsp3) is 0.111. The van der Waals surface area contributed by atoms with Gasteiger partial charge >= 0.3 is 5.97 Å². The van der Waals surface area contributed by atoms with Crippen LogP contribution in [0.2, 0.25) is 5.02 Å². The Balaban J connectivity index is 1.63. The highest BCUT2D eigenvalue weighted by molar-refractivity contribution is 6.31. The van der Waals surface area contributed by atoms with E-state index in [9.17, 15) is 9.90 Å². The van der Waals surface area contributed by atoms with E-state index in [0.29, 0.717) is 34.4 Å². The van der Waals surface area contributed by atoms with Crippen LogP contribution in [0, 0.1) is 0 Å². The van der Waals surface area contributed by atoms with E-state index >= 15 is 0 Å². The predicted molar refractivity (Wildman–Crippen MR) is 133 cm³/mol. The molecule has 0 saturated carbocycles. The Morgan fingerprint density at radius 1 is 1.09 bits per heavy atom. The Hall–Kier alpha value is -4.23. The summed E-state index contributed by atoms with van der Waals surface area (Å²) >= 11 is 6.10. The predicted octanol–water partition coefficient (Wildman–Crippen LogP) is 5.95. The summed E-state index contributed by atoms with van der Waals surface area (Å²) in [5.41, 5.74) is 3.44. The van der Waals surface area contributed by atoms with Crippen molar-refractivity contribution in [1.29, 1.82) is 0 Å². The van der Waals surface area contributed by atoms with Crippen LogP contribution in [0.1, 0.15) is 18.2 Å². The number of hydrogen-bond acceptors (Lipinski definition) is 5. The van der Waals surface area contributed by atoms with Crippen molar-refractivity contribution in [2.75, 3.05) is 13.4 Å². The van der Waals surface area contributed by atoms with Gasteiger partial charge in [0.05, 0.1) is 29.3 Å². The fourth-order valence-corrected chi connectivity index (χ4v) is 4.04. The van der Waals surface area contributed by atoms with Crippen LogP contribution in [0.15, 0.2) is 72.8 Å². The molecular formula is C27H21ClN2O5. The summed E-state index contributed by atoms with van der Waals surface area (Å²) in [6.07, 6.45) is 1.54. The Labute approximate surface area is 206 Å². The fourth-order valence-electron chi connectivity index (χ4n) is 3.85. The van der Waals surface area contributed by atoms with Crippen LogP contribution in [0.5, 0.6) is 17.2 Å². The summed E-state index contributed by atoms with van der Waals surface area (Å²) in [6.45, 7) is 2.67. The van der Waals surface area contributed by atoms with Gasteiger partial charge in [0.1, 0.15) is 5.75 Å². The molecule has 1 aromatic heterocycles. The molecule has 0 amide bonds. The highest BCUT2D eigenvalue weighted by Gasteiger charge is 2.19. The molecule has 3 aromatic carbocycles.